The van der Waals surface area contributed by atoms with Crippen LogP contribution in [0.2, 0.25) is 0 Å². The van der Waals surface area contributed by atoms with E-state index in [4.69, 9.17) is 9.47 Å². The number of nitrogens with zero attached hydrogens (tertiary/aromatic N) is 1. The summed E-state index contributed by atoms with van der Waals surface area (Å²) in [6.07, 6.45) is 0. The second-order valence-corrected chi connectivity index (χ2v) is 5.26. The summed E-state index contributed by atoms with van der Waals surface area (Å²) in [5, 5.41) is 0.502. The number of ketones is 1. The highest BCUT2D eigenvalue weighted by atomic mass is 32.1. The summed E-state index contributed by atoms with van der Waals surface area (Å²) in [7, 11) is 3.11. The van der Waals surface area contributed by atoms with E-state index >= 15 is 0 Å². The fourth-order valence-electron chi connectivity index (χ4n) is 1.67. The van der Waals surface area contributed by atoms with Gasteiger partial charge in [0.2, 0.25) is 5.78 Å². The van der Waals surface area contributed by atoms with Crippen LogP contribution < -0.4 is 9.47 Å². The second kappa shape index (κ2) is 5.40. The molecule has 0 fully saturated rings. The standard InChI is InChI=1S/C14H15NO3S/c1-8-9(2)19-14(15-8)13(16)10-5-6-11(17-3)12(7-10)18-4/h5-7H,1-4H3. The zero-order valence-corrected chi connectivity index (χ0v) is 12.1. The molecule has 0 amide bonds. The Hall–Kier alpha value is -1.88. The number of methoxy groups -OCH3 is 2. The van der Waals surface area contributed by atoms with E-state index < -0.39 is 0 Å². The second-order valence-electron chi connectivity index (χ2n) is 4.06. The van der Waals surface area contributed by atoms with Gasteiger partial charge in [0.1, 0.15) is 0 Å². The van der Waals surface area contributed by atoms with Gasteiger partial charge in [0.15, 0.2) is 16.5 Å². The molecule has 5 heteroatoms. The fraction of sp³-hybridized carbons (Fsp3) is 0.286. The van der Waals surface area contributed by atoms with Crippen LogP contribution in [-0.2, 0) is 0 Å². The Morgan fingerprint density at radius 1 is 1.16 bits per heavy atom. The van der Waals surface area contributed by atoms with Crippen molar-refractivity contribution in [1.29, 1.82) is 0 Å². The molecular formula is C14H15NO3S. The van der Waals surface area contributed by atoms with Gasteiger partial charge in [-0.05, 0) is 32.0 Å². The topological polar surface area (TPSA) is 48.4 Å². The van der Waals surface area contributed by atoms with Gasteiger partial charge in [0.05, 0.1) is 19.9 Å². The van der Waals surface area contributed by atoms with Crippen LogP contribution in [0.3, 0.4) is 0 Å². The largest absolute Gasteiger partial charge is 0.493 e. The summed E-state index contributed by atoms with van der Waals surface area (Å²) in [5.74, 6) is 1.05. The highest BCUT2D eigenvalue weighted by Crippen LogP contribution is 2.29. The maximum Gasteiger partial charge on any atom is 0.221 e. The Morgan fingerprint density at radius 3 is 2.37 bits per heavy atom. The first-order chi connectivity index (χ1) is 9.06. The molecular weight excluding hydrogens is 262 g/mol. The summed E-state index contributed by atoms with van der Waals surface area (Å²) in [6, 6.07) is 5.11. The molecule has 0 aliphatic carbocycles. The molecule has 4 nitrogen and oxygen atoms in total. The van der Waals surface area contributed by atoms with Crippen molar-refractivity contribution < 1.29 is 14.3 Å². The lowest BCUT2D eigenvalue weighted by molar-refractivity contribution is 0.103. The molecule has 0 aliphatic heterocycles. The molecule has 100 valence electrons. The molecule has 0 saturated heterocycles. The first-order valence-electron chi connectivity index (χ1n) is 5.77. The van der Waals surface area contributed by atoms with Crippen LogP contribution in [0.1, 0.15) is 25.9 Å². The van der Waals surface area contributed by atoms with Gasteiger partial charge in [0.25, 0.3) is 0 Å². The molecule has 0 atom stereocenters. The van der Waals surface area contributed by atoms with Gasteiger partial charge >= 0.3 is 0 Å². The third-order valence-electron chi connectivity index (χ3n) is 2.87. The first-order valence-corrected chi connectivity index (χ1v) is 6.59. The van der Waals surface area contributed by atoms with Crippen molar-refractivity contribution in [2.75, 3.05) is 14.2 Å². The number of aryl methyl sites for hydroxylation is 2. The molecule has 0 saturated carbocycles. The predicted octanol–water partition coefficient (Wildman–Crippen LogP) is 3.01. The normalized spacial score (nSPS) is 10.3. The van der Waals surface area contributed by atoms with E-state index in [1.54, 1.807) is 32.4 Å². The average Bonchev–Trinajstić information content (AvgIpc) is 2.77. The molecule has 1 aromatic carbocycles. The van der Waals surface area contributed by atoms with E-state index in [1.807, 2.05) is 13.8 Å². The Kier molecular flexibility index (Phi) is 3.85. The lowest BCUT2D eigenvalue weighted by Crippen LogP contribution is -2.02. The van der Waals surface area contributed by atoms with Crippen LogP contribution in [0.5, 0.6) is 11.5 Å². The molecule has 0 N–H and O–H groups in total. The highest BCUT2D eigenvalue weighted by molar-refractivity contribution is 7.13. The minimum Gasteiger partial charge on any atom is -0.493 e. The fourth-order valence-corrected chi connectivity index (χ4v) is 2.55. The summed E-state index contributed by atoms with van der Waals surface area (Å²) in [6.45, 7) is 3.86. The van der Waals surface area contributed by atoms with Gasteiger partial charge in [-0.1, -0.05) is 0 Å². The molecule has 1 heterocycles. The van der Waals surface area contributed by atoms with E-state index in [2.05, 4.69) is 4.98 Å². The first kappa shape index (κ1) is 13.5. The Bertz CT molecular complexity index is 600. The summed E-state index contributed by atoms with van der Waals surface area (Å²) < 4.78 is 10.3. The van der Waals surface area contributed by atoms with E-state index in [-0.39, 0.29) is 5.78 Å². The smallest absolute Gasteiger partial charge is 0.221 e. The number of benzene rings is 1. The summed E-state index contributed by atoms with van der Waals surface area (Å²) in [5.41, 5.74) is 1.44. The van der Waals surface area contributed by atoms with Gasteiger partial charge in [-0.25, -0.2) is 4.98 Å². The predicted molar refractivity (Wildman–Crippen MR) is 74.6 cm³/mol. The van der Waals surface area contributed by atoms with Gasteiger partial charge in [-0.2, -0.15) is 0 Å². The number of carbonyl (C=O) groups excluding carboxylic acids is 1. The maximum atomic E-state index is 12.3. The van der Waals surface area contributed by atoms with E-state index in [9.17, 15) is 4.79 Å². The van der Waals surface area contributed by atoms with Gasteiger partial charge in [-0.3, -0.25) is 4.79 Å². The molecule has 0 radical (unpaired) electrons. The number of rotatable bonds is 4. The zero-order valence-electron chi connectivity index (χ0n) is 11.3. The van der Waals surface area contributed by atoms with Crippen LogP contribution in [-0.4, -0.2) is 25.0 Å². The van der Waals surface area contributed by atoms with Crippen LogP contribution >= 0.6 is 11.3 Å². The molecule has 0 bridgehead atoms. The number of hydrogen-bond acceptors (Lipinski definition) is 5. The lowest BCUT2D eigenvalue weighted by atomic mass is 10.1. The highest BCUT2D eigenvalue weighted by Gasteiger charge is 2.16. The Morgan fingerprint density at radius 2 is 1.84 bits per heavy atom. The average molecular weight is 277 g/mol. The van der Waals surface area contributed by atoms with E-state index in [0.29, 0.717) is 22.1 Å². The van der Waals surface area contributed by atoms with E-state index in [0.717, 1.165) is 10.6 Å². The van der Waals surface area contributed by atoms with Crippen molar-refractivity contribution in [3.05, 3.63) is 39.3 Å². The monoisotopic (exact) mass is 277 g/mol. The van der Waals surface area contributed by atoms with Gasteiger partial charge in [-0.15, -0.1) is 11.3 Å². The van der Waals surface area contributed by atoms with Crippen molar-refractivity contribution in [2.24, 2.45) is 0 Å². The molecule has 2 aromatic rings. The molecule has 0 unspecified atom stereocenters. The third kappa shape index (κ3) is 2.61. The van der Waals surface area contributed by atoms with Crippen molar-refractivity contribution in [3.8, 4) is 11.5 Å². The maximum absolute atomic E-state index is 12.3. The summed E-state index contributed by atoms with van der Waals surface area (Å²) >= 11 is 1.41. The molecule has 0 aliphatic rings. The Labute approximate surface area is 116 Å². The van der Waals surface area contributed by atoms with Crippen molar-refractivity contribution in [3.63, 3.8) is 0 Å². The number of aromatic nitrogens is 1. The number of carbonyl (C=O) groups is 1. The van der Waals surface area contributed by atoms with Crippen LogP contribution in [0.25, 0.3) is 0 Å². The number of ether oxygens (including phenoxy) is 2. The van der Waals surface area contributed by atoms with Crippen LogP contribution in [0, 0.1) is 13.8 Å². The van der Waals surface area contributed by atoms with Crippen LogP contribution in [0.4, 0.5) is 0 Å². The van der Waals surface area contributed by atoms with Crippen molar-refractivity contribution >= 4 is 17.1 Å². The van der Waals surface area contributed by atoms with E-state index in [1.165, 1.54) is 11.3 Å². The molecule has 19 heavy (non-hydrogen) atoms. The lowest BCUT2D eigenvalue weighted by Gasteiger charge is -2.08. The van der Waals surface area contributed by atoms with Gasteiger partial charge in [0, 0.05) is 10.4 Å². The zero-order chi connectivity index (χ0) is 14.0. The van der Waals surface area contributed by atoms with Crippen molar-refractivity contribution in [2.45, 2.75) is 13.8 Å². The Balaban J connectivity index is 2.39. The SMILES string of the molecule is COc1ccc(C(=O)c2nc(C)c(C)s2)cc1OC. The quantitative estimate of drug-likeness (QED) is 0.806. The van der Waals surface area contributed by atoms with Crippen LogP contribution in [0.15, 0.2) is 18.2 Å². The molecule has 1 aromatic heterocycles. The minimum atomic E-state index is -0.0952. The minimum absolute atomic E-state index is 0.0952. The molecule has 0 spiro atoms. The van der Waals surface area contributed by atoms with Gasteiger partial charge < -0.3 is 9.47 Å². The van der Waals surface area contributed by atoms with Crippen molar-refractivity contribution in [1.82, 2.24) is 4.98 Å². The summed E-state index contributed by atoms with van der Waals surface area (Å²) in [4.78, 5) is 17.7. The molecule has 2 rings (SSSR count). The number of hydrogen-bond donors (Lipinski definition) is 0. The third-order valence-corrected chi connectivity index (χ3v) is 3.94. The number of thiazole rings is 1.